The van der Waals surface area contributed by atoms with E-state index in [2.05, 4.69) is 63.4 Å². The van der Waals surface area contributed by atoms with Crippen LogP contribution in [0.5, 0.6) is 0 Å². The smallest absolute Gasteiger partial charge is 0.115 e. The molecule has 122 valence electrons. The highest BCUT2D eigenvalue weighted by Gasteiger charge is 2.20. The molecule has 0 radical (unpaired) electrons. The molecular formula is C20H22N4. The fourth-order valence-corrected chi connectivity index (χ4v) is 2.87. The molecule has 0 spiro atoms. The fraction of sp³-hybridized carbons (Fsp3) is 0.200. The number of nitrogens with two attached hydrogens (primary N) is 1. The van der Waals surface area contributed by atoms with E-state index in [-0.39, 0.29) is 6.04 Å². The van der Waals surface area contributed by atoms with Crippen molar-refractivity contribution in [3.63, 3.8) is 0 Å². The molecule has 3 aromatic rings. The number of aromatic nitrogens is 2. The van der Waals surface area contributed by atoms with Gasteiger partial charge in [-0.15, -0.1) is 0 Å². The summed E-state index contributed by atoms with van der Waals surface area (Å²) in [6.45, 7) is 2.15. The van der Waals surface area contributed by atoms with E-state index >= 15 is 0 Å². The second kappa shape index (κ2) is 8.34. The van der Waals surface area contributed by atoms with E-state index in [9.17, 15) is 0 Å². The molecule has 0 fully saturated rings. The lowest BCUT2D eigenvalue weighted by atomic mass is 10.1. The molecule has 1 aromatic heterocycles. The van der Waals surface area contributed by atoms with E-state index in [0.717, 1.165) is 18.8 Å². The van der Waals surface area contributed by atoms with Gasteiger partial charge in [0.2, 0.25) is 0 Å². The first kappa shape index (κ1) is 16.3. The van der Waals surface area contributed by atoms with Gasteiger partial charge in [-0.2, -0.15) is 0 Å². The zero-order valence-electron chi connectivity index (χ0n) is 13.6. The molecule has 4 heteroatoms. The topological polar surface area (TPSA) is 55.0 Å². The Bertz CT molecular complexity index is 675. The minimum Gasteiger partial charge on any atom is -0.329 e. The lowest BCUT2D eigenvalue weighted by Crippen LogP contribution is -2.33. The molecule has 24 heavy (non-hydrogen) atoms. The van der Waals surface area contributed by atoms with Crippen LogP contribution in [0.15, 0.2) is 79.3 Å². The quantitative estimate of drug-likeness (QED) is 0.727. The van der Waals surface area contributed by atoms with E-state index in [4.69, 9.17) is 5.73 Å². The van der Waals surface area contributed by atoms with Crippen LogP contribution in [0.3, 0.4) is 0 Å². The Labute approximate surface area is 143 Å². The Balaban J connectivity index is 1.88. The molecule has 0 aliphatic rings. The Morgan fingerprint density at radius 2 is 1.42 bits per heavy atom. The maximum absolute atomic E-state index is 6.11. The first-order valence-corrected chi connectivity index (χ1v) is 8.14. The molecule has 3 rings (SSSR count). The van der Waals surface area contributed by atoms with Crippen molar-refractivity contribution in [2.24, 2.45) is 5.73 Å². The number of hydrogen-bond acceptors (Lipinski definition) is 4. The minimum absolute atomic E-state index is 0.0495. The van der Waals surface area contributed by atoms with Crippen LogP contribution in [0.4, 0.5) is 0 Å². The van der Waals surface area contributed by atoms with Crippen molar-refractivity contribution < 1.29 is 0 Å². The molecule has 2 aromatic carbocycles. The molecule has 0 saturated heterocycles. The second-order valence-electron chi connectivity index (χ2n) is 5.76. The van der Waals surface area contributed by atoms with Gasteiger partial charge in [-0.1, -0.05) is 60.7 Å². The number of nitrogens with zero attached hydrogens (tertiary/aromatic N) is 3. The lowest BCUT2D eigenvalue weighted by molar-refractivity contribution is 0.179. The summed E-state index contributed by atoms with van der Waals surface area (Å²) in [5, 5.41) is 0. The summed E-state index contributed by atoms with van der Waals surface area (Å²) >= 11 is 0. The zero-order valence-corrected chi connectivity index (χ0v) is 13.6. The van der Waals surface area contributed by atoms with Gasteiger partial charge in [0.1, 0.15) is 6.33 Å². The highest BCUT2D eigenvalue weighted by atomic mass is 15.2. The summed E-state index contributed by atoms with van der Waals surface area (Å²) < 4.78 is 0. The van der Waals surface area contributed by atoms with E-state index in [1.165, 1.54) is 11.1 Å². The summed E-state index contributed by atoms with van der Waals surface area (Å²) in [6.07, 6.45) is 3.36. The van der Waals surface area contributed by atoms with Crippen molar-refractivity contribution in [1.82, 2.24) is 14.9 Å². The summed E-state index contributed by atoms with van der Waals surface area (Å²) in [6, 6.07) is 22.9. The monoisotopic (exact) mass is 318 g/mol. The zero-order chi connectivity index (χ0) is 16.6. The number of hydrogen-bond donors (Lipinski definition) is 1. The highest BCUT2D eigenvalue weighted by molar-refractivity contribution is 5.18. The van der Waals surface area contributed by atoms with Crippen LogP contribution >= 0.6 is 0 Å². The standard InChI is InChI=1S/C20H22N4/c21-13-20(19-11-12-22-16-23-19)24(14-17-7-3-1-4-8-17)15-18-9-5-2-6-10-18/h1-12,16,20H,13-15,21H2. The molecular weight excluding hydrogens is 296 g/mol. The average molecular weight is 318 g/mol. The first-order valence-electron chi connectivity index (χ1n) is 8.14. The van der Waals surface area contributed by atoms with Crippen LogP contribution in [0.25, 0.3) is 0 Å². The van der Waals surface area contributed by atoms with E-state index in [0.29, 0.717) is 6.54 Å². The normalized spacial score (nSPS) is 12.2. The molecule has 0 amide bonds. The highest BCUT2D eigenvalue weighted by Crippen LogP contribution is 2.22. The van der Waals surface area contributed by atoms with Gasteiger partial charge in [-0.05, 0) is 17.2 Å². The Morgan fingerprint density at radius 3 is 1.88 bits per heavy atom. The first-order chi connectivity index (χ1) is 11.9. The van der Waals surface area contributed by atoms with Crippen LogP contribution in [-0.2, 0) is 13.1 Å². The van der Waals surface area contributed by atoms with Crippen LogP contribution < -0.4 is 5.73 Å². The van der Waals surface area contributed by atoms with Crippen LogP contribution in [0, 0.1) is 0 Å². The lowest BCUT2D eigenvalue weighted by Gasteiger charge is -2.30. The van der Waals surface area contributed by atoms with Crippen molar-refractivity contribution in [2.75, 3.05) is 6.54 Å². The third-order valence-electron chi connectivity index (χ3n) is 4.07. The molecule has 0 saturated carbocycles. The Morgan fingerprint density at radius 1 is 0.833 bits per heavy atom. The summed E-state index contributed by atoms with van der Waals surface area (Å²) in [5.41, 5.74) is 9.60. The maximum atomic E-state index is 6.11. The molecule has 1 heterocycles. The van der Waals surface area contributed by atoms with Crippen LogP contribution in [-0.4, -0.2) is 21.4 Å². The van der Waals surface area contributed by atoms with Gasteiger partial charge in [-0.3, -0.25) is 4.90 Å². The van der Waals surface area contributed by atoms with Gasteiger partial charge in [0.15, 0.2) is 0 Å². The predicted octanol–water partition coefficient (Wildman–Crippen LogP) is 3.18. The third kappa shape index (κ3) is 4.25. The molecule has 0 aliphatic carbocycles. The SMILES string of the molecule is NCC(c1ccncn1)N(Cc1ccccc1)Cc1ccccc1. The van der Waals surface area contributed by atoms with Gasteiger partial charge in [0.25, 0.3) is 0 Å². The summed E-state index contributed by atoms with van der Waals surface area (Å²) in [7, 11) is 0. The third-order valence-corrected chi connectivity index (χ3v) is 4.07. The molecule has 1 unspecified atom stereocenters. The van der Waals surface area contributed by atoms with Gasteiger partial charge in [0, 0.05) is 25.8 Å². The van der Waals surface area contributed by atoms with E-state index < -0.39 is 0 Å². The van der Waals surface area contributed by atoms with Crippen molar-refractivity contribution in [3.05, 3.63) is 96.1 Å². The summed E-state index contributed by atoms with van der Waals surface area (Å²) in [4.78, 5) is 10.8. The van der Waals surface area contributed by atoms with Gasteiger partial charge in [0.05, 0.1) is 11.7 Å². The Hall–Kier alpha value is -2.56. The average Bonchev–Trinajstić information content (AvgIpc) is 2.65. The van der Waals surface area contributed by atoms with Gasteiger partial charge < -0.3 is 5.73 Å². The minimum atomic E-state index is 0.0495. The molecule has 0 bridgehead atoms. The molecule has 2 N–H and O–H groups in total. The molecule has 1 atom stereocenters. The predicted molar refractivity (Wildman–Crippen MR) is 96.0 cm³/mol. The fourth-order valence-electron chi connectivity index (χ4n) is 2.87. The van der Waals surface area contributed by atoms with Crippen LogP contribution in [0.2, 0.25) is 0 Å². The second-order valence-corrected chi connectivity index (χ2v) is 5.76. The van der Waals surface area contributed by atoms with E-state index in [1.54, 1.807) is 12.5 Å². The number of rotatable bonds is 7. The van der Waals surface area contributed by atoms with Crippen LogP contribution in [0.1, 0.15) is 22.9 Å². The van der Waals surface area contributed by atoms with Gasteiger partial charge >= 0.3 is 0 Å². The van der Waals surface area contributed by atoms with Crippen molar-refractivity contribution in [1.29, 1.82) is 0 Å². The number of benzene rings is 2. The molecule has 0 aliphatic heterocycles. The van der Waals surface area contributed by atoms with Gasteiger partial charge in [-0.25, -0.2) is 9.97 Å². The van der Waals surface area contributed by atoms with Crippen molar-refractivity contribution in [2.45, 2.75) is 19.1 Å². The van der Waals surface area contributed by atoms with Crippen molar-refractivity contribution in [3.8, 4) is 0 Å². The Kier molecular flexibility index (Phi) is 5.66. The maximum Gasteiger partial charge on any atom is 0.115 e. The van der Waals surface area contributed by atoms with E-state index in [1.807, 2.05) is 18.2 Å². The summed E-state index contributed by atoms with van der Waals surface area (Å²) in [5.74, 6) is 0. The molecule has 4 nitrogen and oxygen atoms in total. The largest absolute Gasteiger partial charge is 0.329 e. The van der Waals surface area contributed by atoms with Crippen molar-refractivity contribution >= 4 is 0 Å².